The Balaban J connectivity index is 2.15. The van der Waals surface area contributed by atoms with Crippen LogP contribution in [0.15, 0.2) is 24.3 Å². The summed E-state index contributed by atoms with van der Waals surface area (Å²) < 4.78 is 40.8. The molecule has 25 heavy (non-hydrogen) atoms. The molecule has 0 saturated heterocycles. The molecule has 132 valence electrons. The van der Waals surface area contributed by atoms with Crippen LogP contribution in [0.25, 0.3) is 10.9 Å². The summed E-state index contributed by atoms with van der Waals surface area (Å²) in [6, 6.07) is 6.52. The second-order valence-corrected chi connectivity index (χ2v) is 6.84. The predicted octanol–water partition coefficient (Wildman–Crippen LogP) is 6.11. The lowest BCUT2D eigenvalue weighted by atomic mass is 10.1. The highest BCUT2D eigenvalue weighted by Gasteiger charge is 2.33. The van der Waals surface area contributed by atoms with E-state index in [9.17, 15) is 13.2 Å². The molecule has 0 bridgehead atoms. The standard InChI is InChI=1S/C18H15Cl2F3N2/c1-9-4-5-14(19)13(17(9)20)7-11-6-12-10(2)24-16(18(21,22)23)8-15(12)25(11)3/h4-6,8H,7H2,1-3H3. The summed E-state index contributed by atoms with van der Waals surface area (Å²) in [5.41, 5.74) is 2.40. The zero-order chi connectivity index (χ0) is 18.5. The average Bonchev–Trinajstić information content (AvgIpc) is 2.84. The van der Waals surface area contributed by atoms with E-state index in [4.69, 9.17) is 23.2 Å². The van der Waals surface area contributed by atoms with Gasteiger partial charge in [-0.2, -0.15) is 13.2 Å². The number of fused-ring (bicyclic) bond motifs is 1. The molecule has 0 N–H and O–H groups in total. The van der Waals surface area contributed by atoms with Crippen LogP contribution in [0.3, 0.4) is 0 Å². The fraction of sp³-hybridized carbons (Fsp3) is 0.278. The van der Waals surface area contributed by atoms with Crippen LogP contribution in [-0.4, -0.2) is 9.55 Å². The van der Waals surface area contributed by atoms with E-state index < -0.39 is 11.9 Å². The topological polar surface area (TPSA) is 17.8 Å². The summed E-state index contributed by atoms with van der Waals surface area (Å²) >= 11 is 12.6. The van der Waals surface area contributed by atoms with Gasteiger partial charge in [0.05, 0.1) is 5.52 Å². The molecule has 0 amide bonds. The molecular formula is C18H15Cl2F3N2. The summed E-state index contributed by atoms with van der Waals surface area (Å²) in [7, 11) is 1.73. The fourth-order valence-corrected chi connectivity index (χ4v) is 3.42. The highest BCUT2D eigenvalue weighted by atomic mass is 35.5. The molecule has 3 rings (SSSR count). The first kappa shape index (κ1) is 18.1. The van der Waals surface area contributed by atoms with Crippen LogP contribution in [-0.2, 0) is 19.6 Å². The van der Waals surface area contributed by atoms with Gasteiger partial charge in [-0.3, -0.25) is 0 Å². The highest BCUT2D eigenvalue weighted by Crippen LogP contribution is 2.34. The van der Waals surface area contributed by atoms with Gasteiger partial charge < -0.3 is 4.57 Å². The number of aryl methyl sites for hydroxylation is 3. The molecule has 0 fully saturated rings. The van der Waals surface area contributed by atoms with Crippen LogP contribution in [0.5, 0.6) is 0 Å². The Bertz CT molecular complexity index is 975. The number of halogens is 5. The third kappa shape index (κ3) is 3.23. The monoisotopic (exact) mass is 386 g/mol. The smallest absolute Gasteiger partial charge is 0.347 e. The Kier molecular flexibility index (Phi) is 4.50. The summed E-state index contributed by atoms with van der Waals surface area (Å²) in [6.07, 6.45) is -4.06. The van der Waals surface area contributed by atoms with Gasteiger partial charge in [0.2, 0.25) is 0 Å². The molecule has 2 heterocycles. The molecule has 0 spiro atoms. The van der Waals surface area contributed by atoms with Crippen LogP contribution < -0.4 is 0 Å². The molecule has 0 aliphatic carbocycles. The average molecular weight is 387 g/mol. The molecule has 0 atom stereocenters. The third-order valence-corrected chi connectivity index (χ3v) is 5.24. The van der Waals surface area contributed by atoms with Crippen molar-refractivity contribution in [2.75, 3.05) is 0 Å². The SMILES string of the molecule is Cc1ccc(Cl)c(Cc2cc3c(C)nc(C(F)(F)F)cc3n2C)c1Cl. The number of rotatable bonds is 2. The van der Waals surface area contributed by atoms with E-state index in [1.54, 1.807) is 24.6 Å². The van der Waals surface area contributed by atoms with Gasteiger partial charge in [-0.05, 0) is 43.2 Å². The number of alkyl halides is 3. The van der Waals surface area contributed by atoms with Crippen molar-refractivity contribution in [2.24, 2.45) is 7.05 Å². The van der Waals surface area contributed by atoms with Crippen molar-refractivity contribution < 1.29 is 13.2 Å². The molecule has 3 aromatic rings. The van der Waals surface area contributed by atoms with E-state index in [0.29, 0.717) is 33.1 Å². The minimum atomic E-state index is -4.48. The lowest BCUT2D eigenvalue weighted by molar-refractivity contribution is -0.141. The van der Waals surface area contributed by atoms with Gasteiger partial charge in [-0.1, -0.05) is 29.3 Å². The van der Waals surface area contributed by atoms with Gasteiger partial charge >= 0.3 is 6.18 Å². The predicted molar refractivity (Wildman–Crippen MR) is 94.5 cm³/mol. The molecule has 0 unspecified atom stereocenters. The minimum absolute atomic E-state index is 0.341. The van der Waals surface area contributed by atoms with E-state index in [2.05, 4.69) is 4.98 Å². The maximum atomic E-state index is 13.0. The van der Waals surface area contributed by atoms with Crippen molar-refractivity contribution in [1.82, 2.24) is 9.55 Å². The Morgan fingerprint density at radius 2 is 1.80 bits per heavy atom. The quantitative estimate of drug-likeness (QED) is 0.519. The number of hydrogen-bond donors (Lipinski definition) is 0. The van der Waals surface area contributed by atoms with E-state index in [1.165, 1.54) is 0 Å². The van der Waals surface area contributed by atoms with Gasteiger partial charge in [0.25, 0.3) is 0 Å². The Morgan fingerprint density at radius 1 is 1.12 bits per heavy atom. The summed E-state index contributed by atoms with van der Waals surface area (Å²) in [6.45, 7) is 3.46. The lowest BCUT2D eigenvalue weighted by Crippen LogP contribution is -2.09. The molecule has 7 heteroatoms. The lowest BCUT2D eigenvalue weighted by Gasteiger charge is -2.11. The summed E-state index contributed by atoms with van der Waals surface area (Å²) in [5.74, 6) is 0. The molecule has 0 radical (unpaired) electrons. The molecule has 0 saturated carbocycles. The van der Waals surface area contributed by atoms with Gasteiger partial charge in [0.1, 0.15) is 5.69 Å². The molecule has 2 aromatic heterocycles. The summed E-state index contributed by atoms with van der Waals surface area (Å²) in [4.78, 5) is 3.69. The number of nitrogens with zero attached hydrogens (tertiary/aromatic N) is 2. The number of aromatic nitrogens is 2. The van der Waals surface area contributed by atoms with Gasteiger partial charge in [-0.25, -0.2) is 4.98 Å². The largest absolute Gasteiger partial charge is 0.433 e. The van der Waals surface area contributed by atoms with Crippen molar-refractivity contribution >= 4 is 34.1 Å². The maximum Gasteiger partial charge on any atom is 0.433 e. The van der Waals surface area contributed by atoms with E-state index in [-0.39, 0.29) is 0 Å². The van der Waals surface area contributed by atoms with Crippen LogP contribution in [0.4, 0.5) is 13.2 Å². The molecule has 0 aliphatic heterocycles. The first-order valence-electron chi connectivity index (χ1n) is 7.56. The zero-order valence-electron chi connectivity index (χ0n) is 13.8. The maximum absolute atomic E-state index is 13.0. The van der Waals surface area contributed by atoms with Crippen molar-refractivity contribution in [1.29, 1.82) is 0 Å². The second kappa shape index (κ2) is 6.22. The zero-order valence-corrected chi connectivity index (χ0v) is 15.3. The van der Waals surface area contributed by atoms with Gasteiger partial charge in [0.15, 0.2) is 0 Å². The third-order valence-electron chi connectivity index (χ3n) is 4.36. The van der Waals surface area contributed by atoms with Crippen molar-refractivity contribution in [3.05, 3.63) is 62.5 Å². The molecule has 2 nitrogen and oxygen atoms in total. The highest BCUT2D eigenvalue weighted by molar-refractivity contribution is 6.36. The number of pyridine rings is 1. The van der Waals surface area contributed by atoms with Crippen molar-refractivity contribution in [3.8, 4) is 0 Å². The molecule has 0 aliphatic rings. The van der Waals surface area contributed by atoms with Gasteiger partial charge in [-0.15, -0.1) is 0 Å². The van der Waals surface area contributed by atoms with E-state index >= 15 is 0 Å². The molecule has 1 aromatic carbocycles. The molecular weight excluding hydrogens is 372 g/mol. The van der Waals surface area contributed by atoms with Crippen molar-refractivity contribution in [2.45, 2.75) is 26.4 Å². The Labute approximate surface area is 153 Å². The van der Waals surface area contributed by atoms with E-state index in [0.717, 1.165) is 22.9 Å². The van der Waals surface area contributed by atoms with Crippen molar-refractivity contribution in [3.63, 3.8) is 0 Å². The number of benzene rings is 1. The number of hydrogen-bond acceptors (Lipinski definition) is 1. The van der Waals surface area contributed by atoms with Gasteiger partial charge in [0, 0.05) is 40.3 Å². The normalized spacial score (nSPS) is 12.2. The minimum Gasteiger partial charge on any atom is -0.347 e. The van der Waals surface area contributed by atoms with Crippen LogP contribution in [0.2, 0.25) is 10.0 Å². The van der Waals surface area contributed by atoms with E-state index in [1.807, 2.05) is 19.1 Å². The van der Waals surface area contributed by atoms with Crippen LogP contribution >= 0.6 is 23.2 Å². The Hall–Kier alpha value is -1.72. The van der Waals surface area contributed by atoms with Crippen LogP contribution in [0.1, 0.15) is 28.2 Å². The first-order valence-corrected chi connectivity index (χ1v) is 8.31. The Morgan fingerprint density at radius 3 is 2.44 bits per heavy atom. The van der Waals surface area contributed by atoms with Crippen LogP contribution in [0, 0.1) is 13.8 Å². The second-order valence-electron chi connectivity index (χ2n) is 6.05. The summed E-state index contributed by atoms with van der Waals surface area (Å²) in [5, 5.41) is 1.79. The fourth-order valence-electron chi connectivity index (χ4n) is 2.91. The first-order chi connectivity index (χ1) is 11.6.